The molecule has 0 aromatic rings. The first-order valence-corrected chi connectivity index (χ1v) is 4.45. The van der Waals surface area contributed by atoms with Gasteiger partial charge in [-0.25, -0.2) is 0 Å². The molecule has 3 nitrogen and oxygen atoms in total. The largest absolute Gasteiger partial charge is 0.377 e. The quantitative estimate of drug-likeness (QED) is 0.618. The van der Waals surface area contributed by atoms with Gasteiger partial charge in [-0.15, -0.1) is 0 Å². The highest BCUT2D eigenvalue weighted by molar-refractivity contribution is 5.81. The molecule has 1 rings (SSSR count). The van der Waals surface area contributed by atoms with Crippen LogP contribution in [-0.4, -0.2) is 44.0 Å². The van der Waals surface area contributed by atoms with Crippen LogP contribution in [0.5, 0.6) is 0 Å². The van der Waals surface area contributed by atoms with Gasteiger partial charge in [-0.05, 0) is 18.9 Å². The Kier molecular flexibility index (Phi) is 3.69. The molecule has 0 N–H and O–H groups in total. The SMILES string of the molecule is COCC(=O)CN1CCC(C)C1. The second-order valence-corrected chi connectivity index (χ2v) is 3.60. The van der Waals surface area contributed by atoms with Crippen LogP contribution in [0.1, 0.15) is 13.3 Å². The standard InChI is InChI=1S/C9H17NO2/c1-8-3-4-10(5-8)6-9(11)7-12-2/h8H,3-7H2,1-2H3. The van der Waals surface area contributed by atoms with Crippen LogP contribution in [0.2, 0.25) is 0 Å². The summed E-state index contributed by atoms with van der Waals surface area (Å²) >= 11 is 0. The van der Waals surface area contributed by atoms with E-state index in [1.807, 2.05) is 0 Å². The summed E-state index contributed by atoms with van der Waals surface area (Å²) in [5.41, 5.74) is 0. The number of carbonyl (C=O) groups excluding carboxylic acids is 1. The number of nitrogens with zero attached hydrogens (tertiary/aromatic N) is 1. The summed E-state index contributed by atoms with van der Waals surface area (Å²) in [7, 11) is 1.56. The molecule has 0 radical (unpaired) electrons. The molecule has 70 valence electrons. The molecule has 0 saturated carbocycles. The van der Waals surface area contributed by atoms with Gasteiger partial charge in [0.2, 0.25) is 0 Å². The number of carbonyl (C=O) groups is 1. The van der Waals surface area contributed by atoms with Crippen LogP contribution in [0, 0.1) is 5.92 Å². The van der Waals surface area contributed by atoms with Crippen LogP contribution in [0.3, 0.4) is 0 Å². The van der Waals surface area contributed by atoms with Gasteiger partial charge in [-0.1, -0.05) is 6.92 Å². The van der Waals surface area contributed by atoms with Gasteiger partial charge in [0.1, 0.15) is 6.61 Å². The summed E-state index contributed by atoms with van der Waals surface area (Å²) < 4.78 is 4.76. The lowest BCUT2D eigenvalue weighted by Crippen LogP contribution is -2.29. The zero-order valence-electron chi connectivity index (χ0n) is 7.88. The van der Waals surface area contributed by atoms with Gasteiger partial charge in [0, 0.05) is 13.7 Å². The monoisotopic (exact) mass is 171 g/mol. The molecule has 1 fully saturated rings. The van der Waals surface area contributed by atoms with Crippen molar-refractivity contribution in [2.24, 2.45) is 5.92 Å². The number of likely N-dealkylation sites (tertiary alicyclic amines) is 1. The number of ketones is 1. The van der Waals surface area contributed by atoms with E-state index in [0.29, 0.717) is 6.54 Å². The average molecular weight is 171 g/mol. The minimum atomic E-state index is 0.187. The van der Waals surface area contributed by atoms with Crippen molar-refractivity contribution in [2.75, 3.05) is 33.4 Å². The predicted octanol–water partition coefficient (Wildman–Crippen LogP) is 0.544. The number of Topliss-reactive ketones (excluding diaryl/α,β-unsaturated/α-hetero) is 1. The highest BCUT2D eigenvalue weighted by atomic mass is 16.5. The van der Waals surface area contributed by atoms with Gasteiger partial charge in [0.05, 0.1) is 6.54 Å². The second kappa shape index (κ2) is 4.58. The van der Waals surface area contributed by atoms with Crippen molar-refractivity contribution < 1.29 is 9.53 Å². The number of hydrogen-bond donors (Lipinski definition) is 0. The molecule has 1 aliphatic rings. The third-order valence-electron chi connectivity index (χ3n) is 2.21. The predicted molar refractivity (Wildman–Crippen MR) is 47.1 cm³/mol. The Bertz CT molecular complexity index is 159. The van der Waals surface area contributed by atoms with Crippen molar-refractivity contribution in [1.29, 1.82) is 0 Å². The van der Waals surface area contributed by atoms with Crippen LogP contribution in [0.15, 0.2) is 0 Å². The molecule has 0 spiro atoms. The minimum absolute atomic E-state index is 0.187. The van der Waals surface area contributed by atoms with E-state index >= 15 is 0 Å². The molecule has 0 aromatic carbocycles. The average Bonchev–Trinajstić information content (AvgIpc) is 2.36. The van der Waals surface area contributed by atoms with Crippen LogP contribution in [0.25, 0.3) is 0 Å². The molecule has 1 saturated heterocycles. The van der Waals surface area contributed by atoms with Gasteiger partial charge in [0.25, 0.3) is 0 Å². The fourth-order valence-electron chi connectivity index (χ4n) is 1.63. The maximum absolute atomic E-state index is 11.1. The Morgan fingerprint density at radius 2 is 2.42 bits per heavy atom. The Balaban J connectivity index is 2.18. The topological polar surface area (TPSA) is 29.5 Å². The summed E-state index contributed by atoms with van der Waals surface area (Å²) in [6, 6.07) is 0. The normalized spacial score (nSPS) is 24.7. The van der Waals surface area contributed by atoms with E-state index in [-0.39, 0.29) is 12.4 Å². The fraction of sp³-hybridized carbons (Fsp3) is 0.889. The van der Waals surface area contributed by atoms with Gasteiger partial charge < -0.3 is 4.74 Å². The van der Waals surface area contributed by atoms with Crippen molar-refractivity contribution >= 4 is 5.78 Å². The summed E-state index contributed by atoms with van der Waals surface area (Å²) in [4.78, 5) is 13.3. The minimum Gasteiger partial charge on any atom is -0.377 e. The van der Waals surface area contributed by atoms with Crippen molar-refractivity contribution in [3.05, 3.63) is 0 Å². The Hall–Kier alpha value is -0.410. The molecular weight excluding hydrogens is 154 g/mol. The van der Waals surface area contributed by atoms with Crippen molar-refractivity contribution in [1.82, 2.24) is 4.90 Å². The maximum Gasteiger partial charge on any atom is 0.172 e. The summed E-state index contributed by atoms with van der Waals surface area (Å²) in [5, 5.41) is 0. The number of methoxy groups -OCH3 is 1. The molecular formula is C9H17NO2. The van der Waals surface area contributed by atoms with Crippen molar-refractivity contribution in [3.63, 3.8) is 0 Å². The Labute approximate surface area is 73.7 Å². The first-order valence-electron chi connectivity index (χ1n) is 4.45. The molecule has 3 heteroatoms. The van der Waals surface area contributed by atoms with Crippen molar-refractivity contribution in [3.8, 4) is 0 Å². The number of rotatable bonds is 4. The van der Waals surface area contributed by atoms with Gasteiger partial charge in [-0.2, -0.15) is 0 Å². The zero-order chi connectivity index (χ0) is 8.97. The fourth-order valence-corrected chi connectivity index (χ4v) is 1.63. The van der Waals surface area contributed by atoms with E-state index in [0.717, 1.165) is 19.0 Å². The smallest absolute Gasteiger partial charge is 0.172 e. The Morgan fingerprint density at radius 1 is 1.67 bits per heavy atom. The van der Waals surface area contributed by atoms with Gasteiger partial charge in [0.15, 0.2) is 5.78 Å². The van der Waals surface area contributed by atoms with E-state index < -0.39 is 0 Å². The lowest BCUT2D eigenvalue weighted by molar-refractivity contribution is -0.123. The lowest BCUT2D eigenvalue weighted by Gasteiger charge is -2.13. The number of ether oxygens (including phenoxy) is 1. The summed E-state index contributed by atoms with van der Waals surface area (Å²) in [6.45, 7) is 5.18. The van der Waals surface area contributed by atoms with Crippen LogP contribution < -0.4 is 0 Å². The van der Waals surface area contributed by atoms with Crippen LogP contribution in [-0.2, 0) is 9.53 Å². The van der Waals surface area contributed by atoms with Crippen LogP contribution >= 0.6 is 0 Å². The summed E-state index contributed by atoms with van der Waals surface area (Å²) in [6.07, 6.45) is 1.22. The van der Waals surface area contributed by atoms with Gasteiger partial charge >= 0.3 is 0 Å². The second-order valence-electron chi connectivity index (χ2n) is 3.60. The zero-order valence-corrected chi connectivity index (χ0v) is 7.88. The molecule has 0 aromatic heterocycles. The summed E-state index contributed by atoms with van der Waals surface area (Å²) in [5.74, 6) is 0.937. The molecule has 1 unspecified atom stereocenters. The molecule has 1 atom stereocenters. The number of hydrogen-bond acceptors (Lipinski definition) is 3. The van der Waals surface area contributed by atoms with Crippen molar-refractivity contribution in [2.45, 2.75) is 13.3 Å². The van der Waals surface area contributed by atoms with E-state index in [4.69, 9.17) is 4.74 Å². The first kappa shape index (κ1) is 9.68. The van der Waals surface area contributed by atoms with E-state index in [1.165, 1.54) is 6.42 Å². The Morgan fingerprint density at radius 3 is 2.92 bits per heavy atom. The first-order chi connectivity index (χ1) is 5.72. The molecule has 1 heterocycles. The van der Waals surface area contributed by atoms with Gasteiger partial charge in [-0.3, -0.25) is 9.69 Å². The molecule has 0 aliphatic carbocycles. The van der Waals surface area contributed by atoms with E-state index in [1.54, 1.807) is 7.11 Å². The van der Waals surface area contributed by atoms with E-state index in [9.17, 15) is 4.79 Å². The third kappa shape index (κ3) is 2.91. The molecule has 0 bridgehead atoms. The lowest BCUT2D eigenvalue weighted by atomic mass is 10.2. The van der Waals surface area contributed by atoms with E-state index in [2.05, 4.69) is 11.8 Å². The van der Waals surface area contributed by atoms with Crippen LogP contribution in [0.4, 0.5) is 0 Å². The molecule has 12 heavy (non-hydrogen) atoms. The highest BCUT2D eigenvalue weighted by Gasteiger charge is 2.20. The molecule has 0 amide bonds. The highest BCUT2D eigenvalue weighted by Crippen LogP contribution is 2.13. The third-order valence-corrected chi connectivity index (χ3v) is 2.21. The maximum atomic E-state index is 11.1. The molecule has 1 aliphatic heterocycles.